The zero-order chi connectivity index (χ0) is 35.0. The third-order valence-electron chi connectivity index (χ3n) is 11.7. The number of phenolic OH excluding ortho intramolecular Hbond substituents is 1. The van der Waals surface area contributed by atoms with Gasteiger partial charge < -0.3 is 5.11 Å². The van der Waals surface area contributed by atoms with Crippen LogP contribution in [0.1, 0.15) is 35.4 Å². The number of hydrogen-bond acceptors (Lipinski definition) is 5. The van der Waals surface area contributed by atoms with Gasteiger partial charge in [-0.05, 0) is 65.6 Å². The van der Waals surface area contributed by atoms with E-state index < -0.39 is 35.0 Å². The van der Waals surface area contributed by atoms with Crippen LogP contribution in [0.15, 0.2) is 144 Å². The molecular weight excluding hydrogens is 702 g/mol. The first kappa shape index (κ1) is 31.6. The first-order valence-electron chi connectivity index (χ1n) is 17.3. The Bertz CT molecular complexity index is 2350. The number of imide groups is 1. The zero-order valence-electron chi connectivity index (χ0n) is 27.4. The quantitative estimate of drug-likeness (QED) is 0.148. The highest BCUT2D eigenvalue weighted by atomic mass is 79.9. The van der Waals surface area contributed by atoms with Gasteiger partial charge in [0, 0.05) is 32.8 Å². The number of fused-ring (bicyclic) bond motifs is 5. The Labute approximate surface area is 303 Å². The number of benzene rings is 5. The van der Waals surface area contributed by atoms with Crippen molar-refractivity contribution in [1.29, 1.82) is 0 Å². The summed E-state index contributed by atoms with van der Waals surface area (Å²) in [7, 11) is 0. The van der Waals surface area contributed by atoms with E-state index in [-0.39, 0.29) is 35.6 Å². The van der Waals surface area contributed by atoms with Gasteiger partial charge in [0.1, 0.15) is 5.75 Å². The third kappa shape index (κ3) is 4.53. The van der Waals surface area contributed by atoms with Crippen molar-refractivity contribution in [3.8, 4) is 5.75 Å². The van der Waals surface area contributed by atoms with Gasteiger partial charge in [0.05, 0.1) is 22.9 Å². The fourth-order valence-corrected chi connectivity index (χ4v) is 9.83. The normalized spacial score (nSPS) is 27.1. The molecule has 51 heavy (non-hydrogen) atoms. The van der Waals surface area contributed by atoms with E-state index in [1.165, 1.54) is 11.0 Å². The lowest BCUT2D eigenvalue weighted by Crippen LogP contribution is -2.58. The van der Waals surface area contributed by atoms with Crippen LogP contribution in [0.5, 0.6) is 5.75 Å². The first-order chi connectivity index (χ1) is 24.8. The van der Waals surface area contributed by atoms with Gasteiger partial charge in [0.25, 0.3) is 0 Å². The molecule has 0 spiro atoms. The smallest absolute Gasteiger partial charge is 0.238 e. The van der Waals surface area contributed by atoms with Gasteiger partial charge in [0.15, 0.2) is 11.6 Å². The maximum Gasteiger partial charge on any atom is 0.238 e. The van der Waals surface area contributed by atoms with E-state index in [0.717, 1.165) is 15.4 Å². The number of halogens is 1. The molecule has 0 unspecified atom stereocenters. The van der Waals surface area contributed by atoms with Gasteiger partial charge in [-0.15, -0.1) is 0 Å². The summed E-state index contributed by atoms with van der Waals surface area (Å²) >= 11 is 3.45. The van der Waals surface area contributed by atoms with E-state index in [1.54, 1.807) is 24.3 Å². The summed E-state index contributed by atoms with van der Waals surface area (Å²) in [6, 6.07) is 37.1. The molecule has 5 aromatic carbocycles. The largest absolute Gasteiger partial charge is 0.507 e. The number of allylic oxidation sites excluding steroid dienone is 4. The topological polar surface area (TPSA) is 91.8 Å². The lowest BCUT2D eigenvalue weighted by molar-refractivity contribution is -0.135. The second kappa shape index (κ2) is 11.8. The van der Waals surface area contributed by atoms with Crippen LogP contribution < -0.4 is 4.90 Å². The minimum absolute atomic E-state index is 0.0410. The molecule has 6 nitrogen and oxygen atoms in total. The predicted octanol–water partition coefficient (Wildman–Crippen LogP) is 8.34. The Morgan fingerprint density at radius 1 is 0.725 bits per heavy atom. The van der Waals surface area contributed by atoms with Crippen LogP contribution >= 0.6 is 15.9 Å². The molecule has 1 aliphatic heterocycles. The number of anilines is 1. The number of carbonyl (C=O) groups is 4. The number of phenols is 1. The number of amides is 2. The predicted molar refractivity (Wildman–Crippen MR) is 199 cm³/mol. The molecule has 250 valence electrons. The summed E-state index contributed by atoms with van der Waals surface area (Å²) in [6.45, 7) is 0. The van der Waals surface area contributed by atoms with E-state index in [9.17, 15) is 14.7 Å². The molecule has 7 heteroatoms. The van der Waals surface area contributed by atoms with Gasteiger partial charge in [0.2, 0.25) is 11.8 Å². The fourth-order valence-electron chi connectivity index (χ4n) is 9.57. The summed E-state index contributed by atoms with van der Waals surface area (Å²) in [5.74, 6) is -4.45. The number of ketones is 2. The molecule has 1 saturated carbocycles. The summed E-state index contributed by atoms with van der Waals surface area (Å²) in [4.78, 5) is 60.3. The average molecular weight is 735 g/mol. The van der Waals surface area contributed by atoms with E-state index >= 15 is 9.59 Å². The second-order valence-corrected chi connectivity index (χ2v) is 14.9. The molecule has 6 atom stereocenters. The first-order valence-corrected chi connectivity index (χ1v) is 18.0. The Hall–Kier alpha value is -5.40. The van der Waals surface area contributed by atoms with Gasteiger partial charge in [-0.3, -0.25) is 24.1 Å². The van der Waals surface area contributed by atoms with Crippen LogP contribution in [0.25, 0.3) is 16.3 Å². The maximum absolute atomic E-state index is 15.3. The Kier molecular flexibility index (Phi) is 7.33. The minimum atomic E-state index is -1.41. The highest BCUT2D eigenvalue weighted by molar-refractivity contribution is 9.10. The van der Waals surface area contributed by atoms with E-state index in [2.05, 4.69) is 15.9 Å². The molecule has 9 rings (SSSR count). The zero-order valence-corrected chi connectivity index (χ0v) is 29.0. The lowest BCUT2D eigenvalue weighted by atomic mass is 9.44. The highest BCUT2D eigenvalue weighted by Gasteiger charge is 2.66. The van der Waals surface area contributed by atoms with Gasteiger partial charge >= 0.3 is 0 Å². The van der Waals surface area contributed by atoms with E-state index in [1.807, 2.05) is 103 Å². The number of rotatable bonds is 4. The molecule has 0 bridgehead atoms. The molecule has 1 N–H and O–H groups in total. The standard InChI is InChI=1S/C44H32BrNO5/c45-28-16-18-29(19-17-28)46-42(50)32-22-21-31-35(38(32)43(46)51)23-36-41(49)34(25-9-3-1-4-10-25)24-37(47)44(36,27-12-5-2-6-13-27)39(31)33-20-15-26-11-7-8-14-30(26)40(33)48/h1-21,24,32,35-36,38-39,48H,22-23H2/t32-,35+,36-,38-,39+,44-/m0/s1. The van der Waals surface area contributed by atoms with Gasteiger partial charge in [-0.25, -0.2) is 0 Å². The molecule has 0 aromatic heterocycles. The van der Waals surface area contributed by atoms with Crippen molar-refractivity contribution < 1.29 is 24.3 Å². The van der Waals surface area contributed by atoms with Crippen LogP contribution in [-0.2, 0) is 24.6 Å². The van der Waals surface area contributed by atoms with Crippen molar-refractivity contribution in [2.45, 2.75) is 24.2 Å². The number of carbonyl (C=O) groups excluding carboxylic acids is 4. The SMILES string of the molecule is O=C1C(c2ccccc2)=CC(=O)[C@@]2(c3ccccc3)[C@@H](c3ccc4ccccc4c3O)C3=CC[C@@H]4C(=O)N(c5ccc(Br)cc5)C(=O)[C@@H]4[C@@H]3C[C@@H]12. The Morgan fingerprint density at radius 3 is 2.16 bits per heavy atom. The molecular formula is C44H32BrNO5. The van der Waals surface area contributed by atoms with Gasteiger partial charge in [-0.2, -0.15) is 0 Å². The molecule has 4 aliphatic rings. The summed E-state index contributed by atoms with van der Waals surface area (Å²) in [6.07, 6.45) is 4.03. The molecule has 3 aliphatic carbocycles. The van der Waals surface area contributed by atoms with Crippen molar-refractivity contribution in [2.75, 3.05) is 4.90 Å². The monoisotopic (exact) mass is 733 g/mol. The van der Waals surface area contributed by atoms with Crippen molar-refractivity contribution in [3.63, 3.8) is 0 Å². The summed E-state index contributed by atoms with van der Waals surface area (Å²) in [5.41, 5.74) is 2.10. The number of aromatic hydroxyl groups is 1. The number of hydrogen-bond donors (Lipinski definition) is 1. The maximum atomic E-state index is 15.3. The van der Waals surface area contributed by atoms with Crippen molar-refractivity contribution in [2.24, 2.45) is 23.7 Å². The van der Waals surface area contributed by atoms with Crippen molar-refractivity contribution in [1.82, 2.24) is 0 Å². The summed E-state index contributed by atoms with van der Waals surface area (Å²) < 4.78 is 0.831. The van der Waals surface area contributed by atoms with Crippen LogP contribution in [0.4, 0.5) is 5.69 Å². The minimum Gasteiger partial charge on any atom is -0.507 e. The lowest BCUT2D eigenvalue weighted by Gasteiger charge is -2.55. The fraction of sp³-hybridized carbons (Fsp3) is 0.182. The Balaban J connectivity index is 1.30. The van der Waals surface area contributed by atoms with Crippen LogP contribution in [-0.4, -0.2) is 28.5 Å². The van der Waals surface area contributed by atoms with Crippen LogP contribution in [0.3, 0.4) is 0 Å². The molecule has 1 heterocycles. The average Bonchev–Trinajstić information content (AvgIpc) is 3.42. The number of nitrogens with zero attached hydrogens (tertiary/aromatic N) is 1. The summed E-state index contributed by atoms with van der Waals surface area (Å²) in [5, 5.41) is 13.6. The van der Waals surface area contributed by atoms with Crippen molar-refractivity contribution >= 4 is 61.3 Å². The second-order valence-electron chi connectivity index (χ2n) is 14.0. The van der Waals surface area contributed by atoms with E-state index in [4.69, 9.17) is 0 Å². The molecule has 2 fully saturated rings. The molecule has 0 radical (unpaired) electrons. The number of Topliss-reactive ketones (excluding diaryl/α,β-unsaturated/α-hetero) is 1. The highest BCUT2D eigenvalue weighted by Crippen LogP contribution is 2.64. The molecule has 5 aromatic rings. The van der Waals surface area contributed by atoms with Crippen LogP contribution in [0, 0.1) is 23.7 Å². The van der Waals surface area contributed by atoms with Crippen LogP contribution in [0.2, 0.25) is 0 Å². The van der Waals surface area contributed by atoms with Crippen molar-refractivity contribution in [3.05, 3.63) is 160 Å². The molecule has 1 saturated heterocycles. The van der Waals surface area contributed by atoms with E-state index in [0.29, 0.717) is 39.8 Å². The van der Waals surface area contributed by atoms with Gasteiger partial charge in [-0.1, -0.05) is 125 Å². The Morgan fingerprint density at radius 2 is 1.41 bits per heavy atom. The third-order valence-corrected chi connectivity index (χ3v) is 12.2. The molecule has 2 amide bonds.